The van der Waals surface area contributed by atoms with Crippen molar-refractivity contribution in [2.24, 2.45) is 0 Å². The summed E-state index contributed by atoms with van der Waals surface area (Å²) in [5.41, 5.74) is 3.87. The van der Waals surface area contributed by atoms with Gasteiger partial charge in [-0.15, -0.1) is 10.2 Å². The fourth-order valence-corrected chi connectivity index (χ4v) is 3.97. The second kappa shape index (κ2) is 8.25. The van der Waals surface area contributed by atoms with Crippen molar-refractivity contribution in [1.82, 2.24) is 19.7 Å². The molecule has 0 atom stereocenters. The van der Waals surface area contributed by atoms with Gasteiger partial charge in [0.1, 0.15) is 12.7 Å². The summed E-state index contributed by atoms with van der Waals surface area (Å²) in [6.45, 7) is 7.04. The van der Waals surface area contributed by atoms with E-state index in [4.69, 9.17) is 11.6 Å². The third-order valence-electron chi connectivity index (χ3n) is 5.37. The van der Waals surface area contributed by atoms with Gasteiger partial charge in [0.05, 0.1) is 16.4 Å². The normalized spacial score (nSPS) is 14.5. The number of carbonyl (C=O) groups is 1. The van der Waals surface area contributed by atoms with Crippen LogP contribution in [-0.2, 0) is 0 Å². The Morgan fingerprint density at radius 2 is 1.62 bits per heavy atom. The van der Waals surface area contributed by atoms with Gasteiger partial charge in [0.25, 0.3) is 5.91 Å². The van der Waals surface area contributed by atoms with Crippen LogP contribution < -0.4 is 4.90 Å². The van der Waals surface area contributed by atoms with Crippen LogP contribution in [0.1, 0.15) is 35.7 Å². The molecule has 1 saturated heterocycles. The van der Waals surface area contributed by atoms with Crippen molar-refractivity contribution in [3.63, 3.8) is 0 Å². The van der Waals surface area contributed by atoms with Gasteiger partial charge in [0.15, 0.2) is 0 Å². The topological polar surface area (TPSA) is 54.3 Å². The van der Waals surface area contributed by atoms with E-state index >= 15 is 0 Å². The molecule has 2 heterocycles. The number of amides is 1. The zero-order valence-electron chi connectivity index (χ0n) is 16.6. The zero-order valence-corrected chi connectivity index (χ0v) is 17.4. The summed E-state index contributed by atoms with van der Waals surface area (Å²) < 4.78 is 1.86. The standard InChI is InChI=1S/C22H24ClN5O/c1-16(2)17-6-8-18(9-7-17)22(29)27-12-10-26(11-13-27)21-19(23)4-3-5-20(21)28-14-24-25-15-28/h3-9,14-16H,10-13H2,1-2H3. The number of aromatic nitrogens is 3. The van der Waals surface area contributed by atoms with Gasteiger partial charge in [-0.25, -0.2) is 0 Å². The molecule has 0 spiro atoms. The van der Waals surface area contributed by atoms with E-state index in [9.17, 15) is 4.79 Å². The maximum Gasteiger partial charge on any atom is 0.253 e. The second-order valence-corrected chi connectivity index (χ2v) is 7.94. The Balaban J connectivity index is 1.48. The van der Waals surface area contributed by atoms with Crippen molar-refractivity contribution in [3.05, 3.63) is 71.3 Å². The quantitative estimate of drug-likeness (QED) is 0.653. The lowest BCUT2D eigenvalue weighted by molar-refractivity contribution is 0.0747. The predicted molar refractivity (Wildman–Crippen MR) is 115 cm³/mol. The number of benzene rings is 2. The van der Waals surface area contributed by atoms with Crippen molar-refractivity contribution < 1.29 is 4.79 Å². The maximum absolute atomic E-state index is 12.9. The molecule has 3 aromatic rings. The molecule has 1 aliphatic rings. The first-order valence-corrected chi connectivity index (χ1v) is 10.2. The summed E-state index contributed by atoms with van der Waals surface area (Å²) >= 11 is 6.54. The average molecular weight is 410 g/mol. The maximum atomic E-state index is 12.9. The van der Waals surface area contributed by atoms with Crippen molar-refractivity contribution in [3.8, 4) is 5.69 Å². The summed E-state index contributed by atoms with van der Waals surface area (Å²) in [5, 5.41) is 8.48. The molecule has 150 valence electrons. The molecule has 1 amide bonds. The molecular weight excluding hydrogens is 386 g/mol. The second-order valence-electron chi connectivity index (χ2n) is 7.53. The van der Waals surface area contributed by atoms with Crippen molar-refractivity contribution in [1.29, 1.82) is 0 Å². The van der Waals surface area contributed by atoms with Crippen LogP contribution in [0.4, 0.5) is 5.69 Å². The number of piperazine rings is 1. The number of nitrogens with zero attached hydrogens (tertiary/aromatic N) is 5. The Morgan fingerprint density at radius 3 is 2.24 bits per heavy atom. The lowest BCUT2D eigenvalue weighted by Gasteiger charge is -2.37. The molecule has 2 aromatic carbocycles. The van der Waals surface area contributed by atoms with Gasteiger partial charge in [0, 0.05) is 31.7 Å². The molecule has 29 heavy (non-hydrogen) atoms. The first-order chi connectivity index (χ1) is 14.0. The highest BCUT2D eigenvalue weighted by molar-refractivity contribution is 6.33. The molecule has 4 rings (SSSR count). The van der Waals surface area contributed by atoms with E-state index in [1.165, 1.54) is 5.56 Å². The van der Waals surface area contributed by atoms with Gasteiger partial charge in [-0.2, -0.15) is 0 Å². The zero-order chi connectivity index (χ0) is 20.4. The summed E-state index contributed by atoms with van der Waals surface area (Å²) in [6, 6.07) is 13.8. The van der Waals surface area contributed by atoms with Gasteiger partial charge >= 0.3 is 0 Å². The van der Waals surface area contributed by atoms with Crippen LogP contribution in [0.2, 0.25) is 5.02 Å². The molecule has 1 aliphatic heterocycles. The van der Waals surface area contributed by atoms with E-state index in [-0.39, 0.29) is 5.91 Å². The monoisotopic (exact) mass is 409 g/mol. The lowest BCUT2D eigenvalue weighted by atomic mass is 10.0. The Bertz CT molecular complexity index is 977. The number of para-hydroxylation sites is 1. The van der Waals surface area contributed by atoms with E-state index in [0.29, 0.717) is 37.1 Å². The number of hydrogen-bond donors (Lipinski definition) is 0. The highest BCUT2D eigenvalue weighted by atomic mass is 35.5. The van der Waals surface area contributed by atoms with Crippen LogP contribution in [0.3, 0.4) is 0 Å². The third-order valence-corrected chi connectivity index (χ3v) is 5.67. The van der Waals surface area contributed by atoms with Crippen LogP contribution in [0.25, 0.3) is 5.69 Å². The fraction of sp³-hybridized carbons (Fsp3) is 0.318. The number of rotatable bonds is 4. The van der Waals surface area contributed by atoms with Crippen LogP contribution in [0.5, 0.6) is 0 Å². The highest BCUT2D eigenvalue weighted by Gasteiger charge is 2.25. The molecule has 0 unspecified atom stereocenters. The average Bonchev–Trinajstić information content (AvgIpc) is 3.28. The number of halogens is 1. The van der Waals surface area contributed by atoms with Crippen LogP contribution in [0, 0.1) is 0 Å². The fourth-order valence-electron chi connectivity index (χ4n) is 3.68. The summed E-state index contributed by atoms with van der Waals surface area (Å²) in [6.07, 6.45) is 3.32. The Labute approximate surface area is 175 Å². The van der Waals surface area contributed by atoms with Crippen LogP contribution >= 0.6 is 11.6 Å². The third kappa shape index (κ3) is 3.98. The van der Waals surface area contributed by atoms with Crippen molar-refractivity contribution >= 4 is 23.2 Å². The minimum absolute atomic E-state index is 0.0816. The molecular formula is C22H24ClN5O. The minimum Gasteiger partial charge on any atom is -0.365 e. The largest absolute Gasteiger partial charge is 0.365 e. The van der Waals surface area contributed by atoms with Gasteiger partial charge in [0.2, 0.25) is 0 Å². The predicted octanol–water partition coefficient (Wildman–Crippen LogP) is 4.01. The number of anilines is 1. The first-order valence-electron chi connectivity index (χ1n) is 9.82. The Hall–Kier alpha value is -2.86. The van der Waals surface area contributed by atoms with Crippen molar-refractivity contribution in [2.45, 2.75) is 19.8 Å². The molecule has 0 saturated carbocycles. The van der Waals surface area contributed by atoms with E-state index in [1.807, 2.05) is 51.9 Å². The Kier molecular flexibility index (Phi) is 5.53. The molecule has 1 aromatic heterocycles. The Morgan fingerprint density at radius 1 is 0.966 bits per heavy atom. The SMILES string of the molecule is CC(C)c1ccc(C(=O)N2CCN(c3c(Cl)cccc3-n3cnnc3)CC2)cc1. The molecule has 0 radical (unpaired) electrons. The number of hydrogen-bond acceptors (Lipinski definition) is 4. The summed E-state index contributed by atoms with van der Waals surface area (Å²) in [7, 11) is 0. The molecule has 0 bridgehead atoms. The first kappa shape index (κ1) is 19.5. The van der Waals surface area contributed by atoms with Crippen molar-refractivity contribution in [2.75, 3.05) is 31.1 Å². The molecule has 6 nitrogen and oxygen atoms in total. The van der Waals surface area contributed by atoms with Crippen LogP contribution in [-0.4, -0.2) is 51.8 Å². The highest BCUT2D eigenvalue weighted by Crippen LogP contribution is 2.33. The smallest absolute Gasteiger partial charge is 0.253 e. The minimum atomic E-state index is 0.0816. The lowest BCUT2D eigenvalue weighted by Crippen LogP contribution is -2.49. The van der Waals surface area contributed by atoms with Gasteiger partial charge in [-0.3, -0.25) is 9.36 Å². The van der Waals surface area contributed by atoms with E-state index in [1.54, 1.807) is 12.7 Å². The number of carbonyl (C=O) groups excluding carboxylic acids is 1. The van der Waals surface area contributed by atoms with Gasteiger partial charge in [-0.05, 0) is 35.7 Å². The van der Waals surface area contributed by atoms with E-state index in [0.717, 1.165) is 16.9 Å². The molecule has 1 fully saturated rings. The summed E-state index contributed by atoms with van der Waals surface area (Å²) in [5.74, 6) is 0.538. The van der Waals surface area contributed by atoms with E-state index < -0.39 is 0 Å². The summed E-state index contributed by atoms with van der Waals surface area (Å²) in [4.78, 5) is 17.0. The molecule has 7 heteroatoms. The van der Waals surface area contributed by atoms with Crippen LogP contribution in [0.15, 0.2) is 55.1 Å². The van der Waals surface area contributed by atoms with E-state index in [2.05, 4.69) is 28.9 Å². The van der Waals surface area contributed by atoms with Gasteiger partial charge in [-0.1, -0.05) is 43.6 Å². The molecule has 0 N–H and O–H groups in total. The van der Waals surface area contributed by atoms with Gasteiger partial charge < -0.3 is 9.80 Å². The molecule has 0 aliphatic carbocycles.